The Bertz CT molecular complexity index is 2660. The number of rotatable bonds is 3. The summed E-state index contributed by atoms with van der Waals surface area (Å²) in [5.41, 5.74) is 15.2. The minimum absolute atomic E-state index is 0.0810. The second kappa shape index (κ2) is 10.3. The molecule has 0 fully saturated rings. The van der Waals surface area contributed by atoms with Crippen LogP contribution in [0.2, 0.25) is 0 Å². The molecule has 236 valence electrons. The molecular formula is C44H32IN3O. The van der Waals surface area contributed by atoms with Gasteiger partial charge in [-0.15, -0.1) is 0 Å². The first kappa shape index (κ1) is 29.0. The number of aromatic nitrogens is 1. The lowest BCUT2D eigenvalue weighted by Crippen LogP contribution is -2.16. The van der Waals surface area contributed by atoms with Crippen LogP contribution in [-0.2, 0) is 10.8 Å². The minimum atomic E-state index is -0.716. The standard InChI is InChI=1S/C44H32IN3O/c1-43(2)33-13-7-5-11-27(33)29-18-16-25(23-35(29)43)40-45-41(48-42(47-40)36-15-9-10-22-46-36)26-17-19-30-32-21-20-31-28-12-6-8-14-34(28)44(3,4)38(31)39(32)49-37(30)24-26/h5-24H,1-4H3. The number of halogens is 1. The summed E-state index contributed by atoms with van der Waals surface area (Å²) >= 11 is -0.716. The van der Waals surface area contributed by atoms with E-state index in [1.165, 1.54) is 44.5 Å². The van der Waals surface area contributed by atoms with E-state index in [1.807, 2.05) is 24.4 Å². The molecule has 5 aromatic carbocycles. The topological polar surface area (TPSA) is 50.8 Å². The van der Waals surface area contributed by atoms with Gasteiger partial charge in [0.1, 0.15) is 24.2 Å². The zero-order valence-corrected chi connectivity index (χ0v) is 29.8. The molecular weight excluding hydrogens is 713 g/mol. The monoisotopic (exact) mass is 745 g/mol. The molecule has 49 heavy (non-hydrogen) atoms. The van der Waals surface area contributed by atoms with Crippen LogP contribution in [0.4, 0.5) is 0 Å². The highest BCUT2D eigenvalue weighted by molar-refractivity contribution is 14.2. The van der Waals surface area contributed by atoms with Gasteiger partial charge < -0.3 is 4.42 Å². The Morgan fingerprint density at radius 3 is 2.04 bits per heavy atom. The number of benzene rings is 5. The zero-order valence-electron chi connectivity index (χ0n) is 27.7. The second-order valence-electron chi connectivity index (χ2n) is 14.2. The zero-order chi connectivity index (χ0) is 33.1. The summed E-state index contributed by atoms with van der Waals surface area (Å²) in [6.45, 7) is 9.28. The predicted molar refractivity (Wildman–Crippen MR) is 211 cm³/mol. The van der Waals surface area contributed by atoms with Crippen LogP contribution in [-0.4, -0.2) is 18.2 Å². The van der Waals surface area contributed by atoms with Crippen molar-refractivity contribution in [1.29, 1.82) is 0 Å². The molecule has 2 aliphatic carbocycles. The summed E-state index contributed by atoms with van der Waals surface area (Å²) in [6, 6.07) is 41.5. The third kappa shape index (κ3) is 4.15. The van der Waals surface area contributed by atoms with E-state index in [1.54, 1.807) is 0 Å². The highest BCUT2D eigenvalue weighted by Gasteiger charge is 2.38. The molecule has 10 rings (SSSR count). The number of hydrogen-bond acceptors (Lipinski definition) is 4. The number of hydrogen-bond donors (Lipinski definition) is 0. The Morgan fingerprint density at radius 1 is 0.571 bits per heavy atom. The normalized spacial score (nSPS) is 16.6. The maximum atomic E-state index is 6.83. The van der Waals surface area contributed by atoms with Gasteiger partial charge >= 0.3 is 0 Å². The summed E-state index contributed by atoms with van der Waals surface area (Å²) in [5, 5.41) is 2.29. The minimum Gasteiger partial charge on any atom is -0.456 e. The summed E-state index contributed by atoms with van der Waals surface area (Å²) in [6.07, 6.45) is 1.81. The smallest absolute Gasteiger partial charge is 0.180 e. The Morgan fingerprint density at radius 2 is 1.24 bits per heavy atom. The van der Waals surface area contributed by atoms with E-state index >= 15 is 0 Å². The van der Waals surface area contributed by atoms with E-state index in [0.717, 1.165) is 46.1 Å². The molecule has 0 radical (unpaired) electrons. The highest BCUT2D eigenvalue weighted by atomic mass is 127. The van der Waals surface area contributed by atoms with Gasteiger partial charge in [0.25, 0.3) is 0 Å². The van der Waals surface area contributed by atoms with E-state index < -0.39 is 20.7 Å². The Balaban J connectivity index is 1.12. The van der Waals surface area contributed by atoms with Crippen LogP contribution >= 0.6 is 20.7 Å². The quantitative estimate of drug-likeness (QED) is 0.169. The fraction of sp³-hybridized carbons (Fsp3) is 0.136. The third-order valence-electron chi connectivity index (χ3n) is 10.7. The number of pyridine rings is 1. The number of fused-ring (bicyclic) bond motifs is 10. The third-order valence-corrected chi connectivity index (χ3v) is 13.4. The number of nitrogens with zero attached hydrogens (tertiary/aromatic N) is 3. The first-order chi connectivity index (χ1) is 23.8. The summed E-state index contributed by atoms with van der Waals surface area (Å²) in [7, 11) is 0. The van der Waals surface area contributed by atoms with E-state index in [4.69, 9.17) is 14.4 Å². The van der Waals surface area contributed by atoms with Crippen molar-refractivity contribution in [2.45, 2.75) is 38.5 Å². The molecule has 4 nitrogen and oxygen atoms in total. The van der Waals surface area contributed by atoms with Crippen molar-refractivity contribution >= 4 is 55.9 Å². The van der Waals surface area contributed by atoms with Gasteiger partial charge in [0.15, 0.2) is 5.84 Å². The number of amidine groups is 1. The lowest BCUT2D eigenvalue weighted by atomic mass is 9.82. The fourth-order valence-corrected chi connectivity index (χ4v) is 10.7. The van der Waals surface area contributed by atoms with Crippen LogP contribution in [0, 0.1) is 0 Å². The van der Waals surface area contributed by atoms with E-state index in [-0.39, 0.29) is 10.8 Å². The van der Waals surface area contributed by atoms with Crippen LogP contribution in [0.3, 0.4) is 0 Å². The van der Waals surface area contributed by atoms with Crippen LogP contribution in [0.25, 0.3) is 44.2 Å². The van der Waals surface area contributed by atoms with Gasteiger partial charge in [-0.1, -0.05) is 107 Å². The Kier molecular flexibility index (Phi) is 6.06. The van der Waals surface area contributed by atoms with Crippen molar-refractivity contribution < 1.29 is 4.42 Å². The van der Waals surface area contributed by atoms with Gasteiger partial charge in [0.2, 0.25) is 0 Å². The summed E-state index contributed by atoms with van der Waals surface area (Å²) in [4.78, 5) is 15.0. The lowest BCUT2D eigenvalue weighted by molar-refractivity contribution is 0.620. The first-order valence-electron chi connectivity index (χ1n) is 16.7. The molecule has 5 heteroatoms. The van der Waals surface area contributed by atoms with Gasteiger partial charge in [-0.3, -0.25) is 4.98 Å². The average molecular weight is 746 g/mol. The van der Waals surface area contributed by atoms with Crippen molar-refractivity contribution in [3.63, 3.8) is 0 Å². The molecule has 7 aromatic rings. The molecule has 0 amide bonds. The first-order valence-corrected chi connectivity index (χ1v) is 18.9. The van der Waals surface area contributed by atoms with Crippen LogP contribution in [0.5, 0.6) is 0 Å². The molecule has 0 unspecified atom stereocenters. The van der Waals surface area contributed by atoms with E-state index in [9.17, 15) is 0 Å². The highest BCUT2D eigenvalue weighted by Crippen LogP contribution is 2.53. The Labute approximate surface area is 295 Å². The van der Waals surface area contributed by atoms with Crippen molar-refractivity contribution in [3.8, 4) is 22.3 Å². The van der Waals surface area contributed by atoms with E-state index in [0.29, 0.717) is 5.84 Å². The summed E-state index contributed by atoms with van der Waals surface area (Å²) in [5.74, 6) is 0.654. The fourth-order valence-electron chi connectivity index (χ4n) is 8.23. The molecule has 2 aromatic heterocycles. The van der Waals surface area contributed by atoms with Gasteiger partial charge in [0.05, 0.1) is 0 Å². The van der Waals surface area contributed by atoms with Crippen molar-refractivity contribution in [2.24, 2.45) is 9.98 Å². The molecule has 0 bridgehead atoms. The molecule has 3 heterocycles. The molecule has 1 aliphatic heterocycles. The molecule has 0 saturated carbocycles. The average Bonchev–Trinajstić information content (AvgIpc) is 3.71. The molecule has 0 atom stereocenters. The largest absolute Gasteiger partial charge is 0.456 e. The van der Waals surface area contributed by atoms with Gasteiger partial charge in [0, 0.05) is 44.5 Å². The lowest BCUT2D eigenvalue weighted by Gasteiger charge is -2.22. The van der Waals surface area contributed by atoms with Crippen LogP contribution in [0.1, 0.15) is 66.8 Å². The molecule has 0 N–H and O–H groups in total. The maximum absolute atomic E-state index is 6.83. The van der Waals surface area contributed by atoms with Crippen LogP contribution < -0.4 is 0 Å². The summed E-state index contributed by atoms with van der Waals surface area (Å²) < 4.78 is 8.99. The Hall–Kier alpha value is -5.01. The SMILES string of the molecule is CC1(C)c2ccccc2-c2ccc(C3=NC(c4ccccn4)=NC(c4ccc5c(c4)oc4c6c(ccc45)-c4ccccc4C6(C)C)=I3)cc21. The van der Waals surface area contributed by atoms with Crippen molar-refractivity contribution in [2.75, 3.05) is 0 Å². The molecule has 0 saturated heterocycles. The number of furan rings is 1. The van der Waals surface area contributed by atoms with Crippen molar-refractivity contribution in [1.82, 2.24) is 4.98 Å². The van der Waals surface area contributed by atoms with E-state index in [2.05, 4.69) is 130 Å². The van der Waals surface area contributed by atoms with Crippen LogP contribution in [0.15, 0.2) is 136 Å². The molecule has 0 spiro atoms. The second-order valence-corrected chi connectivity index (χ2v) is 16.8. The van der Waals surface area contributed by atoms with Gasteiger partial charge in [-0.25, -0.2) is 9.98 Å². The maximum Gasteiger partial charge on any atom is 0.180 e. The number of aliphatic imine (C=N–C) groups is 2. The predicted octanol–water partition coefficient (Wildman–Crippen LogP) is 10.9. The van der Waals surface area contributed by atoms with Gasteiger partial charge in [-0.2, -0.15) is 0 Å². The molecule has 3 aliphatic rings. The van der Waals surface area contributed by atoms with Gasteiger partial charge in [-0.05, 0) is 96.1 Å². The van der Waals surface area contributed by atoms with Crippen molar-refractivity contribution in [3.05, 3.63) is 161 Å².